The molecule has 0 radical (unpaired) electrons. The van der Waals surface area contributed by atoms with Gasteiger partial charge in [0.1, 0.15) is 5.92 Å². The maximum atomic E-state index is 13.5. The molecule has 7 nitrogen and oxygen atoms in total. The fraction of sp³-hybridized carbons (Fsp3) is 0.400. The van der Waals surface area contributed by atoms with E-state index < -0.39 is 40.9 Å². The van der Waals surface area contributed by atoms with E-state index in [-0.39, 0.29) is 17.7 Å². The minimum Gasteiger partial charge on any atom is -0.478 e. The first-order valence-electron chi connectivity index (χ1n) is 7.39. The zero-order valence-corrected chi connectivity index (χ0v) is 14.1. The molecule has 1 aliphatic heterocycles. The van der Waals surface area contributed by atoms with Gasteiger partial charge in [-0.15, -0.1) is 0 Å². The topological polar surface area (TPSA) is 108 Å². The van der Waals surface area contributed by atoms with Gasteiger partial charge in [0.05, 0.1) is 18.2 Å². The molecule has 1 saturated heterocycles. The van der Waals surface area contributed by atoms with Crippen LogP contribution in [-0.4, -0.2) is 45.8 Å². The van der Waals surface area contributed by atoms with Crippen molar-refractivity contribution in [1.82, 2.24) is 10.6 Å². The van der Waals surface area contributed by atoms with Gasteiger partial charge in [-0.1, -0.05) is 12.1 Å². The van der Waals surface area contributed by atoms with E-state index in [2.05, 4.69) is 5.32 Å². The quantitative estimate of drug-likeness (QED) is 0.449. The van der Waals surface area contributed by atoms with Crippen molar-refractivity contribution >= 4 is 29.3 Å². The van der Waals surface area contributed by atoms with Crippen molar-refractivity contribution < 1.29 is 37.7 Å². The molecule has 1 fully saturated rings. The summed E-state index contributed by atoms with van der Waals surface area (Å²) in [6.45, 7) is 1.22. The molecule has 3 atom stereocenters. The van der Waals surface area contributed by atoms with Gasteiger partial charge in [0.15, 0.2) is 5.11 Å². The highest BCUT2D eigenvalue weighted by Gasteiger charge is 2.66. The third-order valence-electron chi connectivity index (χ3n) is 3.86. The Morgan fingerprint density at radius 1 is 1.31 bits per heavy atom. The number of hydrogen-bond donors (Lipinski definition) is 4. The van der Waals surface area contributed by atoms with E-state index in [1.807, 2.05) is 0 Å². The van der Waals surface area contributed by atoms with Gasteiger partial charge in [0, 0.05) is 0 Å². The number of aliphatic hydroxyl groups is 1. The van der Waals surface area contributed by atoms with Gasteiger partial charge in [-0.3, -0.25) is 4.79 Å². The molecule has 1 aromatic rings. The van der Waals surface area contributed by atoms with E-state index in [9.17, 15) is 27.9 Å². The summed E-state index contributed by atoms with van der Waals surface area (Å²) in [5, 5.41) is 22.9. The molecule has 1 heterocycles. The minimum atomic E-state index is -5.24. The first-order valence-corrected chi connectivity index (χ1v) is 7.79. The van der Waals surface area contributed by atoms with Crippen LogP contribution in [0.15, 0.2) is 24.3 Å². The predicted octanol–water partition coefficient (Wildman–Crippen LogP) is 1.33. The Balaban J connectivity index is 2.54. The molecule has 0 bridgehead atoms. The molecular weight excluding hydrogens is 377 g/mol. The monoisotopic (exact) mass is 392 g/mol. The number of ether oxygens (including phenoxy) is 1. The molecule has 26 heavy (non-hydrogen) atoms. The molecule has 4 N–H and O–H groups in total. The molecule has 142 valence electrons. The molecule has 0 saturated carbocycles. The number of carboxylic acid groups (broad SMARTS) is 1. The number of carboxylic acids is 1. The summed E-state index contributed by atoms with van der Waals surface area (Å²) in [7, 11) is 0. The number of thiocarbonyl (C=S) groups is 1. The normalized spacial score (nSPS) is 25.8. The Labute approximate surface area is 151 Å². The SMILES string of the molecule is CCOC(=O)[C@@H]1[C@H](c2ccc(C(=O)O)cc2)NC(=S)N[C@@]1(O)C(F)(F)F. The Morgan fingerprint density at radius 3 is 2.35 bits per heavy atom. The third kappa shape index (κ3) is 3.58. The number of carbonyl (C=O) groups excluding carboxylic acids is 1. The fourth-order valence-corrected chi connectivity index (χ4v) is 2.93. The largest absolute Gasteiger partial charge is 0.478 e. The van der Waals surface area contributed by atoms with E-state index in [1.165, 1.54) is 31.2 Å². The molecule has 0 spiro atoms. The molecule has 0 aromatic heterocycles. The van der Waals surface area contributed by atoms with Crippen LogP contribution in [0.5, 0.6) is 0 Å². The summed E-state index contributed by atoms with van der Waals surface area (Å²) in [5.74, 6) is -4.63. The summed E-state index contributed by atoms with van der Waals surface area (Å²) in [6, 6.07) is 3.41. The van der Waals surface area contributed by atoms with Crippen molar-refractivity contribution in [2.75, 3.05) is 6.61 Å². The number of alkyl halides is 3. The van der Waals surface area contributed by atoms with Gasteiger partial charge < -0.3 is 25.6 Å². The highest BCUT2D eigenvalue weighted by molar-refractivity contribution is 7.80. The lowest BCUT2D eigenvalue weighted by Crippen LogP contribution is -2.73. The summed E-state index contributed by atoms with van der Waals surface area (Å²) in [4.78, 5) is 23.1. The van der Waals surface area contributed by atoms with Crippen LogP contribution in [0.3, 0.4) is 0 Å². The third-order valence-corrected chi connectivity index (χ3v) is 4.08. The zero-order valence-electron chi connectivity index (χ0n) is 13.3. The maximum absolute atomic E-state index is 13.5. The van der Waals surface area contributed by atoms with Crippen molar-refractivity contribution in [3.63, 3.8) is 0 Å². The zero-order chi connectivity index (χ0) is 19.7. The Kier molecular flexibility index (Phi) is 5.42. The molecular formula is C15H15F3N2O5S. The molecule has 1 aliphatic rings. The first kappa shape index (κ1) is 19.9. The maximum Gasteiger partial charge on any atom is 0.437 e. The van der Waals surface area contributed by atoms with Crippen LogP contribution in [0.4, 0.5) is 13.2 Å². The number of aromatic carboxylic acids is 1. The van der Waals surface area contributed by atoms with Crippen molar-refractivity contribution in [2.24, 2.45) is 5.92 Å². The predicted molar refractivity (Wildman–Crippen MR) is 86.1 cm³/mol. The molecule has 2 rings (SSSR count). The van der Waals surface area contributed by atoms with Crippen molar-refractivity contribution in [1.29, 1.82) is 0 Å². The summed E-state index contributed by atoms with van der Waals surface area (Å²) in [5.41, 5.74) is -3.62. The van der Waals surface area contributed by atoms with Gasteiger partial charge in [-0.2, -0.15) is 13.2 Å². The summed E-state index contributed by atoms with van der Waals surface area (Å²) in [6.07, 6.45) is -5.24. The lowest BCUT2D eigenvalue weighted by Gasteiger charge is -2.45. The number of nitrogens with one attached hydrogen (secondary N) is 2. The Morgan fingerprint density at radius 2 is 1.88 bits per heavy atom. The average molecular weight is 392 g/mol. The highest BCUT2D eigenvalue weighted by atomic mass is 32.1. The van der Waals surface area contributed by atoms with Crippen LogP contribution in [0, 0.1) is 5.92 Å². The smallest absolute Gasteiger partial charge is 0.437 e. The molecule has 11 heteroatoms. The van der Waals surface area contributed by atoms with Crippen LogP contribution in [0.2, 0.25) is 0 Å². The minimum absolute atomic E-state index is 0.0935. The summed E-state index contributed by atoms with van der Waals surface area (Å²) >= 11 is 4.74. The fourth-order valence-electron chi connectivity index (χ4n) is 2.65. The van der Waals surface area contributed by atoms with Gasteiger partial charge in [-0.25, -0.2) is 4.79 Å². The van der Waals surface area contributed by atoms with Gasteiger partial charge in [0.2, 0.25) is 0 Å². The lowest BCUT2D eigenvalue weighted by molar-refractivity contribution is -0.292. The van der Waals surface area contributed by atoms with Crippen molar-refractivity contribution in [3.05, 3.63) is 35.4 Å². The van der Waals surface area contributed by atoms with Crippen LogP contribution in [0.1, 0.15) is 28.9 Å². The second-order valence-electron chi connectivity index (χ2n) is 5.50. The second kappa shape index (κ2) is 7.08. The van der Waals surface area contributed by atoms with Crippen LogP contribution < -0.4 is 10.6 Å². The molecule has 1 aromatic carbocycles. The van der Waals surface area contributed by atoms with Crippen molar-refractivity contribution in [2.45, 2.75) is 24.9 Å². The van der Waals surface area contributed by atoms with E-state index >= 15 is 0 Å². The van der Waals surface area contributed by atoms with Gasteiger partial charge in [0.25, 0.3) is 5.72 Å². The number of benzene rings is 1. The standard InChI is InChI=1S/C15H15F3N2O5S/c1-2-25-12(23)9-10(7-3-5-8(6-4-7)11(21)22)19-13(26)20-14(9,24)15(16,17)18/h3-6,9-10,24H,2H2,1H3,(H,21,22)(H2,19,20,26)/t9-,10-,14-/m0/s1. The first-order chi connectivity index (χ1) is 12.0. The van der Waals surface area contributed by atoms with Crippen molar-refractivity contribution in [3.8, 4) is 0 Å². The number of rotatable bonds is 4. The summed E-state index contributed by atoms with van der Waals surface area (Å²) < 4.78 is 45.3. The van der Waals surface area contributed by atoms with E-state index in [0.717, 1.165) is 0 Å². The van der Waals surface area contributed by atoms with E-state index in [4.69, 9.17) is 22.1 Å². The molecule has 0 unspecified atom stereocenters. The number of halogens is 3. The molecule has 0 aliphatic carbocycles. The van der Waals surface area contributed by atoms with E-state index in [1.54, 1.807) is 5.32 Å². The highest BCUT2D eigenvalue weighted by Crippen LogP contribution is 2.43. The van der Waals surface area contributed by atoms with E-state index in [0.29, 0.717) is 0 Å². The Bertz CT molecular complexity index is 725. The van der Waals surface area contributed by atoms with Crippen LogP contribution in [0.25, 0.3) is 0 Å². The number of esters is 1. The average Bonchev–Trinajstić information content (AvgIpc) is 2.53. The number of carbonyl (C=O) groups is 2. The number of hydrogen-bond acceptors (Lipinski definition) is 5. The van der Waals surface area contributed by atoms with Crippen LogP contribution in [-0.2, 0) is 9.53 Å². The van der Waals surface area contributed by atoms with Crippen LogP contribution >= 0.6 is 12.2 Å². The second-order valence-corrected chi connectivity index (χ2v) is 5.91. The Hall–Kier alpha value is -2.40. The van der Waals surface area contributed by atoms with Gasteiger partial charge >= 0.3 is 18.1 Å². The lowest BCUT2D eigenvalue weighted by atomic mass is 9.82. The van der Waals surface area contributed by atoms with Gasteiger partial charge in [-0.05, 0) is 36.8 Å². The molecule has 0 amide bonds.